The van der Waals surface area contributed by atoms with Gasteiger partial charge in [-0.3, -0.25) is 4.79 Å². The number of nitrogens with one attached hydrogen (secondary N) is 2. The Hall–Kier alpha value is -0.610. The molecule has 0 bridgehead atoms. The SMILES string of the molecule is CCC1(C(=O)N[C@H]2CCCC[C@@H]2O)CCCNC1. The van der Waals surface area contributed by atoms with E-state index in [2.05, 4.69) is 17.6 Å². The molecule has 2 rings (SSSR count). The standard InChI is InChI=1S/C14H26N2O2/c1-2-14(8-5-9-15-10-14)13(18)16-11-6-3-4-7-12(11)17/h11-12,15,17H,2-10H2,1H3,(H,16,18)/t11-,12-,14?/m0/s1. The first-order chi connectivity index (χ1) is 8.68. The zero-order valence-electron chi connectivity index (χ0n) is 11.4. The summed E-state index contributed by atoms with van der Waals surface area (Å²) in [6, 6.07) is -0.0309. The predicted molar refractivity (Wildman–Crippen MR) is 71.2 cm³/mol. The highest BCUT2D eigenvalue weighted by Gasteiger charge is 2.39. The first-order valence-electron chi connectivity index (χ1n) is 7.38. The van der Waals surface area contributed by atoms with E-state index in [-0.39, 0.29) is 23.5 Å². The molecule has 104 valence electrons. The van der Waals surface area contributed by atoms with Gasteiger partial charge in [-0.2, -0.15) is 0 Å². The average Bonchev–Trinajstić information content (AvgIpc) is 2.42. The summed E-state index contributed by atoms with van der Waals surface area (Å²) in [5.74, 6) is 0.142. The summed E-state index contributed by atoms with van der Waals surface area (Å²) in [5.41, 5.74) is -0.255. The monoisotopic (exact) mass is 254 g/mol. The lowest BCUT2D eigenvalue weighted by Gasteiger charge is -2.38. The Balaban J connectivity index is 1.96. The van der Waals surface area contributed by atoms with Crippen molar-refractivity contribution in [2.24, 2.45) is 5.41 Å². The molecule has 1 aliphatic heterocycles. The zero-order chi connectivity index (χ0) is 13.0. The van der Waals surface area contributed by atoms with E-state index < -0.39 is 0 Å². The first kappa shape index (κ1) is 13.8. The molecule has 0 aromatic heterocycles. The van der Waals surface area contributed by atoms with Crippen LogP contribution in [0.3, 0.4) is 0 Å². The number of aliphatic hydroxyl groups excluding tert-OH is 1. The quantitative estimate of drug-likeness (QED) is 0.709. The molecule has 1 unspecified atom stereocenters. The normalized spacial score (nSPS) is 37.2. The Morgan fingerprint density at radius 3 is 2.78 bits per heavy atom. The van der Waals surface area contributed by atoms with E-state index >= 15 is 0 Å². The number of hydrogen-bond acceptors (Lipinski definition) is 3. The van der Waals surface area contributed by atoms with Gasteiger partial charge in [0.2, 0.25) is 5.91 Å². The first-order valence-corrected chi connectivity index (χ1v) is 7.38. The van der Waals surface area contributed by atoms with Crippen LogP contribution in [0, 0.1) is 5.41 Å². The number of carbonyl (C=O) groups excluding carboxylic acids is 1. The van der Waals surface area contributed by atoms with Gasteiger partial charge in [0.05, 0.1) is 17.6 Å². The van der Waals surface area contributed by atoms with E-state index in [0.29, 0.717) is 0 Å². The minimum Gasteiger partial charge on any atom is -0.391 e. The largest absolute Gasteiger partial charge is 0.391 e. The van der Waals surface area contributed by atoms with Gasteiger partial charge >= 0.3 is 0 Å². The lowest BCUT2D eigenvalue weighted by Crippen LogP contribution is -2.55. The van der Waals surface area contributed by atoms with Crippen LogP contribution in [0.5, 0.6) is 0 Å². The molecule has 1 aliphatic carbocycles. The van der Waals surface area contributed by atoms with Crippen LogP contribution in [0.15, 0.2) is 0 Å². The van der Waals surface area contributed by atoms with Gasteiger partial charge in [-0.1, -0.05) is 19.8 Å². The fraction of sp³-hybridized carbons (Fsp3) is 0.929. The second-order valence-corrected chi connectivity index (χ2v) is 5.85. The van der Waals surface area contributed by atoms with Crippen LogP contribution in [0.4, 0.5) is 0 Å². The summed E-state index contributed by atoms with van der Waals surface area (Å²) in [4.78, 5) is 12.5. The molecule has 4 heteroatoms. The van der Waals surface area contributed by atoms with Gasteiger partial charge in [0.25, 0.3) is 0 Å². The van der Waals surface area contributed by atoms with E-state index in [4.69, 9.17) is 0 Å². The van der Waals surface area contributed by atoms with Gasteiger partial charge in [0, 0.05) is 6.54 Å². The maximum Gasteiger partial charge on any atom is 0.227 e. The highest BCUT2D eigenvalue weighted by molar-refractivity contribution is 5.83. The van der Waals surface area contributed by atoms with E-state index in [1.54, 1.807) is 0 Å². The maximum absolute atomic E-state index is 12.5. The molecule has 18 heavy (non-hydrogen) atoms. The minimum absolute atomic E-state index is 0.0309. The smallest absolute Gasteiger partial charge is 0.227 e. The fourth-order valence-electron chi connectivity index (χ4n) is 3.23. The van der Waals surface area contributed by atoms with E-state index in [1.807, 2.05) is 0 Å². The van der Waals surface area contributed by atoms with Crippen LogP contribution >= 0.6 is 0 Å². The maximum atomic E-state index is 12.5. The molecule has 2 fully saturated rings. The number of piperidine rings is 1. The van der Waals surface area contributed by atoms with Crippen LogP contribution in [0.2, 0.25) is 0 Å². The summed E-state index contributed by atoms with van der Waals surface area (Å²) < 4.78 is 0. The van der Waals surface area contributed by atoms with Crippen molar-refractivity contribution < 1.29 is 9.90 Å². The lowest BCUT2D eigenvalue weighted by molar-refractivity contribution is -0.134. The van der Waals surface area contributed by atoms with Gasteiger partial charge in [0.15, 0.2) is 0 Å². The molecule has 2 aliphatic rings. The van der Waals surface area contributed by atoms with Crippen molar-refractivity contribution in [2.75, 3.05) is 13.1 Å². The average molecular weight is 254 g/mol. The second-order valence-electron chi connectivity index (χ2n) is 5.85. The highest BCUT2D eigenvalue weighted by atomic mass is 16.3. The number of rotatable bonds is 3. The summed E-state index contributed by atoms with van der Waals surface area (Å²) in [5, 5.41) is 16.4. The Kier molecular flexibility index (Phi) is 4.62. The number of amides is 1. The molecular weight excluding hydrogens is 228 g/mol. The van der Waals surface area contributed by atoms with Gasteiger partial charge in [-0.05, 0) is 38.6 Å². The van der Waals surface area contributed by atoms with E-state index in [1.165, 1.54) is 0 Å². The van der Waals surface area contributed by atoms with Crippen LogP contribution < -0.4 is 10.6 Å². The van der Waals surface area contributed by atoms with Gasteiger partial charge in [-0.25, -0.2) is 0 Å². The third-order valence-corrected chi connectivity index (χ3v) is 4.68. The Morgan fingerprint density at radius 2 is 2.17 bits per heavy atom. The molecule has 3 N–H and O–H groups in total. The van der Waals surface area contributed by atoms with Gasteiger partial charge in [0.1, 0.15) is 0 Å². The second kappa shape index (κ2) is 6.02. The van der Waals surface area contributed by atoms with Crippen LogP contribution in [-0.4, -0.2) is 36.2 Å². The molecular formula is C14H26N2O2. The third-order valence-electron chi connectivity index (χ3n) is 4.68. The van der Waals surface area contributed by atoms with Crippen molar-refractivity contribution in [3.8, 4) is 0 Å². The Morgan fingerprint density at radius 1 is 1.39 bits per heavy atom. The van der Waals surface area contributed by atoms with Gasteiger partial charge in [-0.15, -0.1) is 0 Å². The van der Waals surface area contributed by atoms with E-state index in [0.717, 1.165) is 58.0 Å². The van der Waals surface area contributed by atoms with Crippen molar-refractivity contribution in [3.63, 3.8) is 0 Å². The molecule has 0 spiro atoms. The molecule has 0 radical (unpaired) electrons. The lowest BCUT2D eigenvalue weighted by atomic mass is 9.77. The van der Waals surface area contributed by atoms with Crippen molar-refractivity contribution in [3.05, 3.63) is 0 Å². The predicted octanol–water partition coefficient (Wildman–Crippen LogP) is 1.19. The molecule has 1 amide bonds. The third kappa shape index (κ3) is 2.86. The fourth-order valence-corrected chi connectivity index (χ4v) is 3.23. The topological polar surface area (TPSA) is 61.4 Å². The van der Waals surface area contributed by atoms with Crippen LogP contribution in [0.25, 0.3) is 0 Å². The van der Waals surface area contributed by atoms with Crippen molar-refractivity contribution in [2.45, 2.75) is 64.0 Å². The molecule has 0 aromatic carbocycles. The number of hydrogen-bond donors (Lipinski definition) is 3. The summed E-state index contributed by atoms with van der Waals surface area (Å²) in [7, 11) is 0. The molecule has 0 aromatic rings. The number of carbonyl (C=O) groups is 1. The summed E-state index contributed by atoms with van der Waals surface area (Å²) in [6.07, 6.45) is 6.47. The molecule has 1 saturated heterocycles. The highest BCUT2D eigenvalue weighted by Crippen LogP contribution is 2.31. The summed E-state index contributed by atoms with van der Waals surface area (Å²) >= 11 is 0. The molecule has 3 atom stereocenters. The van der Waals surface area contributed by atoms with Crippen molar-refractivity contribution >= 4 is 5.91 Å². The zero-order valence-corrected chi connectivity index (χ0v) is 11.4. The molecule has 1 heterocycles. The molecule has 4 nitrogen and oxygen atoms in total. The molecule has 1 saturated carbocycles. The van der Waals surface area contributed by atoms with Crippen LogP contribution in [-0.2, 0) is 4.79 Å². The van der Waals surface area contributed by atoms with E-state index in [9.17, 15) is 9.90 Å². The minimum atomic E-state index is -0.354. The van der Waals surface area contributed by atoms with Crippen LogP contribution in [0.1, 0.15) is 51.9 Å². The van der Waals surface area contributed by atoms with Crippen molar-refractivity contribution in [1.82, 2.24) is 10.6 Å². The van der Waals surface area contributed by atoms with Gasteiger partial charge < -0.3 is 15.7 Å². The summed E-state index contributed by atoms with van der Waals surface area (Å²) in [6.45, 7) is 3.88. The van der Waals surface area contributed by atoms with Crippen molar-refractivity contribution in [1.29, 1.82) is 0 Å². The number of aliphatic hydroxyl groups is 1. The Labute approximate surface area is 110 Å². The Bertz CT molecular complexity index is 288.